The molecule has 0 bridgehead atoms. The number of aryl methyl sites for hydroxylation is 1. The van der Waals surface area contributed by atoms with Crippen molar-refractivity contribution in [2.75, 3.05) is 26.2 Å². The largest absolute Gasteiger partial charge is 0.367 e. The molecule has 1 fully saturated rings. The molecule has 0 saturated carbocycles. The third kappa shape index (κ3) is 4.00. The predicted molar refractivity (Wildman–Crippen MR) is 101 cm³/mol. The highest BCUT2D eigenvalue weighted by atomic mass is 16.2. The van der Waals surface area contributed by atoms with Crippen LogP contribution in [0.3, 0.4) is 0 Å². The van der Waals surface area contributed by atoms with Gasteiger partial charge in [0.25, 0.3) is 0 Å². The van der Waals surface area contributed by atoms with Gasteiger partial charge in [-0.15, -0.1) is 0 Å². The van der Waals surface area contributed by atoms with Crippen LogP contribution in [0.5, 0.6) is 0 Å². The number of carbonyl (C=O) groups is 2. The quantitative estimate of drug-likeness (QED) is 0.908. The van der Waals surface area contributed by atoms with Crippen LogP contribution in [-0.4, -0.2) is 57.3 Å². The third-order valence-corrected chi connectivity index (χ3v) is 5.44. The Morgan fingerprint density at radius 3 is 2.23 bits per heavy atom. The van der Waals surface area contributed by atoms with E-state index in [0.29, 0.717) is 25.9 Å². The number of aromatic amines is 1. The smallest absolute Gasteiger partial charge is 0.227 e. The number of rotatable bonds is 4. The SMILES string of the molecule is Cc1cc(CC(=O)N2CCCN(C(=O)Cc3cc[nH]c3)CC2)c(C)n1C. The van der Waals surface area contributed by atoms with Gasteiger partial charge in [0.1, 0.15) is 0 Å². The molecule has 2 amide bonds. The highest BCUT2D eigenvalue weighted by molar-refractivity contribution is 5.80. The maximum absolute atomic E-state index is 12.7. The van der Waals surface area contributed by atoms with Gasteiger partial charge >= 0.3 is 0 Å². The molecule has 0 aliphatic carbocycles. The number of hydrogen-bond donors (Lipinski definition) is 1. The summed E-state index contributed by atoms with van der Waals surface area (Å²) < 4.78 is 2.12. The first kappa shape index (κ1) is 18.3. The third-order valence-electron chi connectivity index (χ3n) is 5.44. The van der Waals surface area contributed by atoms with Crippen LogP contribution >= 0.6 is 0 Å². The lowest BCUT2D eigenvalue weighted by Crippen LogP contribution is -2.38. The number of carbonyl (C=O) groups excluding carboxylic acids is 2. The van der Waals surface area contributed by atoms with Crippen molar-refractivity contribution in [3.63, 3.8) is 0 Å². The maximum atomic E-state index is 12.7. The van der Waals surface area contributed by atoms with E-state index in [1.165, 1.54) is 5.69 Å². The van der Waals surface area contributed by atoms with Gasteiger partial charge in [0.2, 0.25) is 11.8 Å². The fourth-order valence-corrected chi connectivity index (χ4v) is 3.56. The molecule has 0 atom stereocenters. The molecule has 140 valence electrons. The zero-order valence-electron chi connectivity index (χ0n) is 15.9. The molecule has 1 aliphatic rings. The summed E-state index contributed by atoms with van der Waals surface area (Å²) in [7, 11) is 2.03. The van der Waals surface area contributed by atoms with Crippen molar-refractivity contribution >= 4 is 11.8 Å². The summed E-state index contributed by atoms with van der Waals surface area (Å²) >= 11 is 0. The first-order valence-corrected chi connectivity index (χ1v) is 9.24. The second-order valence-corrected chi connectivity index (χ2v) is 7.14. The molecule has 1 aliphatic heterocycles. The number of nitrogens with one attached hydrogen (secondary N) is 1. The summed E-state index contributed by atoms with van der Waals surface area (Å²) in [6, 6.07) is 4.02. The van der Waals surface area contributed by atoms with Gasteiger partial charge in [-0.3, -0.25) is 9.59 Å². The molecule has 0 unspecified atom stereocenters. The minimum absolute atomic E-state index is 0.133. The fraction of sp³-hybridized carbons (Fsp3) is 0.500. The summed E-state index contributed by atoms with van der Waals surface area (Å²) in [6.07, 6.45) is 5.37. The summed E-state index contributed by atoms with van der Waals surface area (Å²) in [5.41, 5.74) is 4.42. The standard InChI is InChI=1S/C20H28N4O2/c1-15-11-18(16(2)22(15)3)13-20(26)24-8-4-7-23(9-10-24)19(25)12-17-5-6-21-14-17/h5-6,11,14,21H,4,7-10,12-13H2,1-3H3. The van der Waals surface area contributed by atoms with Crippen molar-refractivity contribution in [1.82, 2.24) is 19.4 Å². The molecule has 0 radical (unpaired) electrons. The monoisotopic (exact) mass is 356 g/mol. The molecule has 2 aromatic rings. The predicted octanol–water partition coefficient (Wildman–Crippen LogP) is 1.82. The normalized spacial score (nSPS) is 15.2. The maximum Gasteiger partial charge on any atom is 0.227 e. The highest BCUT2D eigenvalue weighted by Gasteiger charge is 2.23. The van der Waals surface area contributed by atoms with Crippen molar-refractivity contribution in [2.24, 2.45) is 7.05 Å². The van der Waals surface area contributed by atoms with Crippen LogP contribution in [0.15, 0.2) is 24.5 Å². The van der Waals surface area contributed by atoms with Gasteiger partial charge in [0.05, 0.1) is 12.8 Å². The van der Waals surface area contributed by atoms with Crippen LogP contribution in [0.25, 0.3) is 0 Å². The average molecular weight is 356 g/mol. The number of H-pyrrole nitrogens is 1. The van der Waals surface area contributed by atoms with Gasteiger partial charge in [-0.2, -0.15) is 0 Å². The van der Waals surface area contributed by atoms with Gasteiger partial charge in [0, 0.05) is 57.0 Å². The molecule has 3 heterocycles. The first-order valence-electron chi connectivity index (χ1n) is 9.24. The Kier molecular flexibility index (Phi) is 5.49. The van der Waals surface area contributed by atoms with E-state index in [-0.39, 0.29) is 11.8 Å². The van der Waals surface area contributed by atoms with Gasteiger partial charge in [-0.05, 0) is 43.5 Å². The van der Waals surface area contributed by atoms with Crippen LogP contribution < -0.4 is 0 Å². The highest BCUT2D eigenvalue weighted by Crippen LogP contribution is 2.16. The lowest BCUT2D eigenvalue weighted by atomic mass is 10.1. The average Bonchev–Trinajstić information content (AvgIpc) is 3.10. The van der Waals surface area contributed by atoms with Crippen molar-refractivity contribution in [3.05, 3.63) is 47.0 Å². The van der Waals surface area contributed by atoms with E-state index < -0.39 is 0 Å². The number of hydrogen-bond acceptors (Lipinski definition) is 2. The van der Waals surface area contributed by atoms with Gasteiger partial charge in [-0.1, -0.05) is 0 Å². The minimum Gasteiger partial charge on any atom is -0.367 e. The van der Waals surface area contributed by atoms with Crippen molar-refractivity contribution in [3.8, 4) is 0 Å². The Bertz CT molecular complexity index is 776. The van der Waals surface area contributed by atoms with Gasteiger partial charge in [0.15, 0.2) is 0 Å². The molecular formula is C20H28N4O2. The Balaban J connectivity index is 1.56. The molecule has 6 heteroatoms. The van der Waals surface area contributed by atoms with E-state index in [1.54, 1.807) is 0 Å². The first-order chi connectivity index (χ1) is 12.5. The van der Waals surface area contributed by atoms with Crippen molar-refractivity contribution < 1.29 is 9.59 Å². The molecular weight excluding hydrogens is 328 g/mol. The van der Waals surface area contributed by atoms with Crippen LogP contribution in [0.2, 0.25) is 0 Å². The van der Waals surface area contributed by atoms with E-state index in [4.69, 9.17) is 0 Å². The second-order valence-electron chi connectivity index (χ2n) is 7.14. The van der Waals surface area contributed by atoms with Crippen molar-refractivity contribution in [1.29, 1.82) is 0 Å². The van der Waals surface area contributed by atoms with Crippen LogP contribution in [0, 0.1) is 13.8 Å². The zero-order chi connectivity index (χ0) is 18.7. The van der Waals surface area contributed by atoms with E-state index in [2.05, 4.69) is 29.5 Å². The molecule has 0 aromatic carbocycles. The number of aromatic nitrogens is 2. The topological polar surface area (TPSA) is 61.3 Å². The summed E-state index contributed by atoms with van der Waals surface area (Å²) in [4.78, 5) is 32.0. The lowest BCUT2D eigenvalue weighted by Gasteiger charge is -2.22. The summed E-state index contributed by atoms with van der Waals surface area (Å²) in [6.45, 7) is 6.78. The van der Waals surface area contributed by atoms with Crippen molar-refractivity contribution in [2.45, 2.75) is 33.1 Å². The molecule has 3 rings (SSSR count). The molecule has 6 nitrogen and oxygen atoms in total. The van der Waals surface area contributed by atoms with Crippen LogP contribution in [0.4, 0.5) is 0 Å². The summed E-state index contributed by atoms with van der Waals surface area (Å²) in [5.74, 6) is 0.284. The Hall–Kier alpha value is -2.50. The van der Waals surface area contributed by atoms with E-state index in [1.807, 2.05) is 35.3 Å². The van der Waals surface area contributed by atoms with Gasteiger partial charge < -0.3 is 19.4 Å². The summed E-state index contributed by atoms with van der Waals surface area (Å²) in [5, 5.41) is 0. The van der Waals surface area contributed by atoms with E-state index in [0.717, 1.165) is 36.3 Å². The Morgan fingerprint density at radius 1 is 1.04 bits per heavy atom. The Morgan fingerprint density at radius 2 is 1.69 bits per heavy atom. The molecule has 0 spiro atoms. The minimum atomic E-state index is 0.133. The second kappa shape index (κ2) is 7.81. The van der Waals surface area contributed by atoms with E-state index in [9.17, 15) is 9.59 Å². The molecule has 2 aromatic heterocycles. The van der Waals surface area contributed by atoms with E-state index >= 15 is 0 Å². The number of nitrogens with zero attached hydrogens (tertiary/aromatic N) is 3. The molecule has 26 heavy (non-hydrogen) atoms. The Labute approximate surface area is 154 Å². The van der Waals surface area contributed by atoms with Crippen LogP contribution in [0.1, 0.15) is 28.9 Å². The number of amides is 2. The fourth-order valence-electron chi connectivity index (χ4n) is 3.56. The zero-order valence-corrected chi connectivity index (χ0v) is 15.9. The van der Waals surface area contributed by atoms with Gasteiger partial charge in [-0.25, -0.2) is 0 Å². The lowest BCUT2D eigenvalue weighted by molar-refractivity contribution is -0.132. The molecule has 1 saturated heterocycles. The molecule has 1 N–H and O–H groups in total. The van der Waals surface area contributed by atoms with Crippen LogP contribution in [-0.2, 0) is 29.5 Å².